The summed E-state index contributed by atoms with van der Waals surface area (Å²) in [5.41, 5.74) is 0.661. The Labute approximate surface area is 155 Å². The fourth-order valence-electron chi connectivity index (χ4n) is 3.32. The van der Waals surface area contributed by atoms with Crippen LogP contribution in [0.4, 0.5) is 4.39 Å². The second-order valence-corrected chi connectivity index (χ2v) is 6.55. The average molecular weight is 367 g/mol. The van der Waals surface area contributed by atoms with E-state index in [2.05, 4.69) is 20.1 Å². The van der Waals surface area contributed by atoms with Crippen molar-refractivity contribution in [2.45, 2.75) is 19.3 Å². The Balaban J connectivity index is 1.43. The van der Waals surface area contributed by atoms with Gasteiger partial charge >= 0.3 is 0 Å². The number of hydrogen-bond acceptors (Lipinski definition) is 6. The molecule has 138 valence electrons. The molecule has 0 spiro atoms. The highest BCUT2D eigenvalue weighted by molar-refractivity contribution is 5.94. The monoisotopic (exact) mass is 367 g/mol. The van der Waals surface area contributed by atoms with Crippen molar-refractivity contribution >= 4 is 5.91 Å². The first-order valence-corrected chi connectivity index (χ1v) is 8.83. The lowest BCUT2D eigenvalue weighted by atomic mass is 9.94. The van der Waals surface area contributed by atoms with Crippen LogP contribution in [-0.4, -0.2) is 44.0 Å². The third-order valence-electron chi connectivity index (χ3n) is 4.63. The van der Waals surface area contributed by atoms with E-state index in [1.807, 2.05) is 0 Å². The molecule has 1 aliphatic heterocycles. The highest BCUT2D eigenvalue weighted by Crippen LogP contribution is 2.23. The molecule has 0 bridgehead atoms. The summed E-state index contributed by atoms with van der Waals surface area (Å²) in [6.45, 7) is 1.16. The molecule has 1 aromatic carbocycles. The molecule has 3 heterocycles. The summed E-state index contributed by atoms with van der Waals surface area (Å²) >= 11 is 0. The van der Waals surface area contributed by atoms with Gasteiger partial charge in [-0.3, -0.25) is 9.78 Å². The van der Waals surface area contributed by atoms with E-state index in [4.69, 9.17) is 4.52 Å². The largest absolute Gasteiger partial charge is 0.339 e. The molecule has 3 aromatic rings. The van der Waals surface area contributed by atoms with Crippen LogP contribution in [0.5, 0.6) is 0 Å². The van der Waals surface area contributed by atoms with Crippen molar-refractivity contribution in [1.29, 1.82) is 0 Å². The van der Waals surface area contributed by atoms with E-state index in [0.717, 1.165) is 12.8 Å². The first-order chi connectivity index (χ1) is 13.2. The number of benzene rings is 1. The van der Waals surface area contributed by atoms with Gasteiger partial charge in [0.2, 0.25) is 11.7 Å². The molecule has 1 fully saturated rings. The van der Waals surface area contributed by atoms with Gasteiger partial charge in [0.25, 0.3) is 5.91 Å². The molecule has 4 rings (SSSR count). The van der Waals surface area contributed by atoms with E-state index in [0.29, 0.717) is 36.9 Å². The standard InChI is InChI=1S/C19H18FN5O2/c20-15-6-2-1-5-14(15)19(26)25-9-3-4-13(12-25)10-17-23-18(24-27-17)16-11-21-7-8-22-16/h1-2,5-8,11,13H,3-4,9-10,12H2. The Kier molecular flexibility index (Phi) is 4.86. The second-order valence-electron chi connectivity index (χ2n) is 6.55. The summed E-state index contributed by atoms with van der Waals surface area (Å²) in [6.07, 6.45) is 7.09. The molecule has 1 atom stereocenters. The molecule has 8 heteroatoms. The summed E-state index contributed by atoms with van der Waals surface area (Å²) in [7, 11) is 0. The Morgan fingerprint density at radius 1 is 1.30 bits per heavy atom. The van der Waals surface area contributed by atoms with Gasteiger partial charge in [0.05, 0.1) is 11.8 Å². The molecule has 7 nitrogen and oxygen atoms in total. The van der Waals surface area contributed by atoms with Gasteiger partial charge in [-0.05, 0) is 30.9 Å². The van der Waals surface area contributed by atoms with Crippen molar-refractivity contribution in [3.63, 3.8) is 0 Å². The van der Waals surface area contributed by atoms with Crippen LogP contribution >= 0.6 is 0 Å². The van der Waals surface area contributed by atoms with E-state index in [9.17, 15) is 9.18 Å². The molecule has 0 aliphatic carbocycles. The minimum atomic E-state index is -0.491. The van der Waals surface area contributed by atoms with E-state index < -0.39 is 5.82 Å². The maximum Gasteiger partial charge on any atom is 0.256 e. The third kappa shape index (κ3) is 3.84. The molecule has 1 unspecified atom stereocenters. The SMILES string of the molecule is O=C(c1ccccc1F)N1CCCC(Cc2nc(-c3cnccn3)no2)C1. The molecule has 1 amide bonds. The first-order valence-electron chi connectivity index (χ1n) is 8.83. The highest BCUT2D eigenvalue weighted by Gasteiger charge is 2.27. The van der Waals surface area contributed by atoms with Gasteiger partial charge in [-0.25, -0.2) is 9.37 Å². The molecule has 0 radical (unpaired) electrons. The molecule has 0 saturated carbocycles. The Hall–Kier alpha value is -3.16. The zero-order chi connectivity index (χ0) is 18.6. The maximum absolute atomic E-state index is 13.9. The smallest absolute Gasteiger partial charge is 0.256 e. The minimum Gasteiger partial charge on any atom is -0.339 e. The molecule has 0 N–H and O–H groups in total. The van der Waals surface area contributed by atoms with Gasteiger partial charge in [-0.1, -0.05) is 17.3 Å². The van der Waals surface area contributed by atoms with Gasteiger partial charge in [0, 0.05) is 31.9 Å². The number of carbonyl (C=O) groups excluding carboxylic acids is 1. The van der Waals surface area contributed by atoms with Crippen molar-refractivity contribution in [3.05, 3.63) is 60.1 Å². The number of halogens is 1. The van der Waals surface area contributed by atoms with Crippen LogP contribution in [0.2, 0.25) is 0 Å². The van der Waals surface area contributed by atoms with Gasteiger partial charge < -0.3 is 9.42 Å². The lowest BCUT2D eigenvalue weighted by Crippen LogP contribution is -2.40. The fourth-order valence-corrected chi connectivity index (χ4v) is 3.32. The molecule has 2 aromatic heterocycles. The number of aromatic nitrogens is 4. The van der Waals surface area contributed by atoms with Crippen molar-refractivity contribution in [1.82, 2.24) is 25.0 Å². The van der Waals surface area contributed by atoms with Crippen molar-refractivity contribution < 1.29 is 13.7 Å². The number of hydrogen-bond donors (Lipinski definition) is 0. The van der Waals surface area contributed by atoms with Gasteiger partial charge in [-0.2, -0.15) is 4.98 Å². The fraction of sp³-hybridized carbons (Fsp3) is 0.316. The van der Waals surface area contributed by atoms with Crippen LogP contribution in [0.3, 0.4) is 0 Å². The van der Waals surface area contributed by atoms with E-state index in [1.54, 1.807) is 35.6 Å². The predicted molar refractivity (Wildman–Crippen MR) is 94.1 cm³/mol. The van der Waals surface area contributed by atoms with Gasteiger partial charge in [0.1, 0.15) is 11.5 Å². The lowest BCUT2D eigenvalue weighted by Gasteiger charge is -2.32. The van der Waals surface area contributed by atoms with Crippen LogP contribution in [0.1, 0.15) is 29.1 Å². The Morgan fingerprint density at radius 3 is 3.00 bits per heavy atom. The summed E-state index contributed by atoms with van der Waals surface area (Å²) < 4.78 is 19.2. The third-order valence-corrected chi connectivity index (χ3v) is 4.63. The molecular weight excluding hydrogens is 349 g/mol. The number of nitrogens with zero attached hydrogens (tertiary/aromatic N) is 5. The number of rotatable bonds is 4. The van der Waals surface area contributed by atoms with Crippen LogP contribution < -0.4 is 0 Å². The number of carbonyl (C=O) groups is 1. The van der Waals surface area contributed by atoms with Crippen LogP contribution in [0.15, 0.2) is 47.4 Å². The lowest BCUT2D eigenvalue weighted by molar-refractivity contribution is 0.0663. The summed E-state index contributed by atoms with van der Waals surface area (Å²) in [6, 6.07) is 6.08. The topological polar surface area (TPSA) is 85.0 Å². The predicted octanol–water partition coefficient (Wildman–Crippen LogP) is 2.76. The second kappa shape index (κ2) is 7.61. The summed E-state index contributed by atoms with van der Waals surface area (Å²) in [4.78, 5) is 26.8. The van der Waals surface area contributed by atoms with Gasteiger partial charge in [-0.15, -0.1) is 0 Å². The van der Waals surface area contributed by atoms with Crippen LogP contribution in [0.25, 0.3) is 11.5 Å². The van der Waals surface area contributed by atoms with Crippen LogP contribution in [-0.2, 0) is 6.42 Å². The maximum atomic E-state index is 13.9. The van der Waals surface area contributed by atoms with Crippen molar-refractivity contribution in [3.8, 4) is 11.5 Å². The van der Waals surface area contributed by atoms with Crippen molar-refractivity contribution in [2.24, 2.45) is 5.92 Å². The zero-order valence-corrected chi connectivity index (χ0v) is 14.6. The van der Waals surface area contributed by atoms with E-state index >= 15 is 0 Å². The van der Waals surface area contributed by atoms with Crippen LogP contribution in [0, 0.1) is 11.7 Å². The van der Waals surface area contributed by atoms with E-state index in [-0.39, 0.29) is 17.4 Å². The number of piperidine rings is 1. The number of likely N-dealkylation sites (tertiary alicyclic amines) is 1. The Morgan fingerprint density at radius 2 is 2.19 bits per heavy atom. The van der Waals surface area contributed by atoms with Crippen molar-refractivity contribution in [2.75, 3.05) is 13.1 Å². The summed E-state index contributed by atoms with van der Waals surface area (Å²) in [5.74, 6) is 0.317. The van der Waals surface area contributed by atoms with E-state index in [1.165, 1.54) is 12.1 Å². The minimum absolute atomic E-state index is 0.112. The average Bonchev–Trinajstić information content (AvgIpc) is 3.17. The zero-order valence-electron chi connectivity index (χ0n) is 14.6. The summed E-state index contributed by atoms with van der Waals surface area (Å²) in [5, 5.41) is 3.95. The molecule has 1 aliphatic rings. The number of amides is 1. The molecule has 27 heavy (non-hydrogen) atoms. The highest BCUT2D eigenvalue weighted by atomic mass is 19.1. The normalized spacial score (nSPS) is 17.1. The quantitative estimate of drug-likeness (QED) is 0.705. The molecule has 1 saturated heterocycles. The van der Waals surface area contributed by atoms with Gasteiger partial charge in [0.15, 0.2) is 0 Å². The first kappa shape index (κ1) is 17.3. The molecular formula is C19H18FN5O2. The Bertz CT molecular complexity index is 931.